The van der Waals surface area contributed by atoms with Crippen molar-refractivity contribution in [3.63, 3.8) is 0 Å². The zero-order valence-electron chi connectivity index (χ0n) is 38.7. The van der Waals surface area contributed by atoms with E-state index in [4.69, 9.17) is 28.4 Å². The predicted molar refractivity (Wildman–Crippen MR) is 230 cm³/mol. The highest BCUT2D eigenvalue weighted by atomic mass is 16.6. The summed E-state index contributed by atoms with van der Waals surface area (Å²) in [4.78, 5) is 74.3. The third-order valence-corrected chi connectivity index (χ3v) is 19.7. The second-order valence-corrected chi connectivity index (χ2v) is 23.6. The first-order chi connectivity index (χ1) is 30.2. The Morgan fingerprint density at radius 3 is 1.53 bits per heavy atom. The van der Waals surface area contributed by atoms with Crippen molar-refractivity contribution in [1.82, 2.24) is 0 Å². The van der Waals surface area contributed by atoms with Crippen LogP contribution in [0.2, 0.25) is 0 Å². The van der Waals surface area contributed by atoms with Crippen LogP contribution in [0.5, 0.6) is 0 Å². The lowest BCUT2D eigenvalue weighted by atomic mass is 9.69. The molecule has 0 aromatic heterocycles. The standard InChI is InChI=1S/C19H26O4.C18H24O4.C15H18O4/c1-17(2)13-7-8-19(17,4)23-15(20)14(13)22-16(21)18(3)10-11-5-6-12(18)9-11;1-17(2)13-6-7-18(17,3)22-16(20)14(13)21-15(19)12-9-10-4-5-11(12)8-10;16-14(12-6-8-1-2-9(12)5-8)19-13-10-3-4-11(7-10)18-15(13)17/h5-6,11-14H,7-10H2,1-4H3;4-5,10-14H,6-9H2,1-3H3;1-2,8-13H,3-7H2. The van der Waals surface area contributed by atoms with Gasteiger partial charge in [-0.1, -0.05) is 64.2 Å². The number of carbonyl (C=O) groups is 6. The maximum Gasteiger partial charge on any atom is 0.348 e. The molecule has 348 valence electrons. The molecule has 6 saturated carbocycles. The average molecular weight is 885 g/mol. The molecular formula is C52H68O12. The summed E-state index contributed by atoms with van der Waals surface area (Å²) in [5.41, 5.74) is -1.66. The molecular weight excluding hydrogens is 817 g/mol. The molecule has 0 aromatic rings. The molecule has 12 bridgehead atoms. The van der Waals surface area contributed by atoms with Crippen LogP contribution in [-0.2, 0) is 57.2 Å². The normalized spacial score (nSPS) is 47.9. The number of hydrogen-bond acceptors (Lipinski definition) is 12. The van der Waals surface area contributed by atoms with Gasteiger partial charge in [0, 0.05) is 28.6 Å². The minimum atomic E-state index is -0.743. The van der Waals surface area contributed by atoms with Crippen molar-refractivity contribution in [2.24, 2.45) is 81.3 Å². The quantitative estimate of drug-likeness (QED) is 0.144. The molecule has 12 rings (SSSR count). The van der Waals surface area contributed by atoms with Crippen molar-refractivity contribution in [2.45, 2.75) is 168 Å². The molecule has 12 heteroatoms. The van der Waals surface area contributed by atoms with Gasteiger partial charge >= 0.3 is 35.8 Å². The topological polar surface area (TPSA) is 158 Å². The summed E-state index contributed by atoms with van der Waals surface area (Å²) in [6.07, 6.45) is 22.9. The van der Waals surface area contributed by atoms with E-state index in [-0.39, 0.29) is 88.3 Å². The summed E-state index contributed by atoms with van der Waals surface area (Å²) in [6, 6.07) is 0. The molecule has 18 unspecified atom stereocenters. The van der Waals surface area contributed by atoms with E-state index in [2.05, 4.69) is 64.2 Å². The van der Waals surface area contributed by atoms with Gasteiger partial charge in [0.15, 0.2) is 0 Å². The molecule has 3 saturated heterocycles. The lowest BCUT2D eigenvalue weighted by molar-refractivity contribution is -0.213. The van der Waals surface area contributed by atoms with Gasteiger partial charge in [-0.3, -0.25) is 14.4 Å². The van der Waals surface area contributed by atoms with Crippen LogP contribution < -0.4 is 0 Å². The molecule has 12 aliphatic rings. The zero-order valence-corrected chi connectivity index (χ0v) is 38.7. The van der Waals surface area contributed by atoms with Gasteiger partial charge in [0.25, 0.3) is 0 Å². The summed E-state index contributed by atoms with van der Waals surface area (Å²) in [5, 5.41) is 0. The Morgan fingerprint density at radius 2 is 1.06 bits per heavy atom. The van der Waals surface area contributed by atoms with Crippen LogP contribution in [0, 0.1) is 81.3 Å². The van der Waals surface area contributed by atoms with Crippen LogP contribution in [0.4, 0.5) is 0 Å². The van der Waals surface area contributed by atoms with Gasteiger partial charge in [-0.25, -0.2) is 14.4 Å². The fourth-order valence-electron chi connectivity index (χ4n) is 14.6. The maximum absolute atomic E-state index is 12.9. The molecule has 12 nitrogen and oxygen atoms in total. The van der Waals surface area contributed by atoms with E-state index in [9.17, 15) is 28.8 Å². The van der Waals surface area contributed by atoms with Gasteiger partial charge in [0.05, 0.1) is 17.3 Å². The summed E-state index contributed by atoms with van der Waals surface area (Å²) in [6.45, 7) is 14.5. The molecule has 3 aliphatic heterocycles. The third kappa shape index (κ3) is 6.93. The average Bonchev–Trinajstić information content (AvgIpc) is 4.12. The third-order valence-electron chi connectivity index (χ3n) is 19.7. The fraction of sp³-hybridized carbons (Fsp3) is 0.769. The lowest BCUT2D eigenvalue weighted by Crippen LogP contribution is -2.56. The molecule has 9 aliphatic carbocycles. The predicted octanol–water partition coefficient (Wildman–Crippen LogP) is 7.95. The molecule has 0 amide bonds. The van der Waals surface area contributed by atoms with Crippen molar-refractivity contribution in [2.75, 3.05) is 0 Å². The second-order valence-electron chi connectivity index (χ2n) is 23.6. The number of esters is 6. The number of allylic oxidation sites excluding steroid dienone is 6. The first-order valence-corrected chi connectivity index (χ1v) is 24.5. The molecule has 9 fully saturated rings. The van der Waals surface area contributed by atoms with Gasteiger partial charge in [0.2, 0.25) is 18.3 Å². The molecule has 3 heterocycles. The van der Waals surface area contributed by atoms with E-state index >= 15 is 0 Å². The van der Waals surface area contributed by atoms with Crippen LogP contribution in [0.3, 0.4) is 0 Å². The van der Waals surface area contributed by atoms with E-state index in [0.29, 0.717) is 29.6 Å². The van der Waals surface area contributed by atoms with Crippen LogP contribution >= 0.6 is 0 Å². The molecule has 0 aromatic carbocycles. The van der Waals surface area contributed by atoms with Crippen molar-refractivity contribution < 1.29 is 57.2 Å². The smallest absolute Gasteiger partial charge is 0.348 e. The van der Waals surface area contributed by atoms with Crippen LogP contribution in [0.25, 0.3) is 0 Å². The Bertz CT molecular complexity index is 2080. The largest absolute Gasteiger partial charge is 0.460 e. The monoisotopic (exact) mass is 884 g/mol. The van der Waals surface area contributed by atoms with Crippen LogP contribution in [0.15, 0.2) is 36.5 Å². The van der Waals surface area contributed by atoms with Gasteiger partial charge in [-0.2, -0.15) is 0 Å². The molecule has 18 atom stereocenters. The Labute approximate surface area is 377 Å². The van der Waals surface area contributed by atoms with Gasteiger partial charge in [-0.15, -0.1) is 0 Å². The molecule has 0 N–H and O–H groups in total. The van der Waals surface area contributed by atoms with Crippen molar-refractivity contribution in [3.8, 4) is 0 Å². The summed E-state index contributed by atoms with van der Waals surface area (Å²) in [7, 11) is 0. The minimum Gasteiger partial charge on any atom is -0.460 e. The number of hydrogen-bond donors (Lipinski definition) is 0. The van der Waals surface area contributed by atoms with Crippen molar-refractivity contribution in [3.05, 3.63) is 36.5 Å². The molecule has 0 radical (unpaired) electrons. The van der Waals surface area contributed by atoms with E-state index in [1.807, 2.05) is 20.8 Å². The van der Waals surface area contributed by atoms with E-state index < -0.39 is 34.9 Å². The van der Waals surface area contributed by atoms with Crippen LogP contribution in [-0.4, -0.2) is 71.4 Å². The van der Waals surface area contributed by atoms with Gasteiger partial charge in [0.1, 0.15) is 17.3 Å². The van der Waals surface area contributed by atoms with Gasteiger partial charge < -0.3 is 28.4 Å². The maximum atomic E-state index is 12.9. The summed E-state index contributed by atoms with van der Waals surface area (Å²) in [5.74, 6) is 0.975. The number of carbonyl (C=O) groups excluding carboxylic acids is 6. The Kier molecular flexibility index (Phi) is 10.5. The zero-order chi connectivity index (χ0) is 45.3. The first-order valence-electron chi connectivity index (χ1n) is 24.5. The molecule has 64 heavy (non-hydrogen) atoms. The highest BCUT2D eigenvalue weighted by molar-refractivity contribution is 5.85. The number of ether oxygens (including phenoxy) is 6. The van der Waals surface area contributed by atoms with Gasteiger partial charge in [-0.05, 0) is 140 Å². The summed E-state index contributed by atoms with van der Waals surface area (Å²) >= 11 is 0. The molecule has 0 spiro atoms. The van der Waals surface area contributed by atoms with Crippen molar-refractivity contribution in [1.29, 1.82) is 0 Å². The summed E-state index contributed by atoms with van der Waals surface area (Å²) < 4.78 is 33.7. The van der Waals surface area contributed by atoms with E-state index in [1.54, 1.807) is 0 Å². The Morgan fingerprint density at radius 1 is 0.547 bits per heavy atom. The Balaban J connectivity index is 0.000000114. The SMILES string of the molecule is CC1(C(=O)OC2C(=O)OC3(C)CCC2C3(C)C)CC2C=CC1C2.CC12CCC(C(OC(=O)C3CC4C=CC3C4)C(=O)O1)C2(C)C.O=C(OC1C(=O)OC2CCC1C2)C1CC2C=CC1C2. The number of fused-ring (bicyclic) bond motifs is 12. The minimum absolute atomic E-state index is 0.0399. The van der Waals surface area contributed by atoms with E-state index in [1.165, 1.54) is 0 Å². The number of rotatable bonds is 6. The Hall–Kier alpha value is -3.96. The fourth-order valence-corrected chi connectivity index (χ4v) is 14.6. The highest BCUT2D eigenvalue weighted by Crippen LogP contribution is 2.60. The lowest BCUT2D eigenvalue weighted by Gasteiger charge is -2.47. The highest BCUT2D eigenvalue weighted by Gasteiger charge is 2.65. The first kappa shape index (κ1) is 43.9. The van der Waals surface area contributed by atoms with Crippen molar-refractivity contribution >= 4 is 35.8 Å². The van der Waals surface area contributed by atoms with E-state index in [0.717, 1.165) is 83.5 Å². The second kappa shape index (κ2) is 15.3. The van der Waals surface area contributed by atoms with Crippen LogP contribution in [0.1, 0.15) is 132 Å².